The van der Waals surface area contributed by atoms with Crippen molar-refractivity contribution in [1.29, 1.82) is 0 Å². The van der Waals surface area contributed by atoms with Crippen LogP contribution in [0.15, 0.2) is 0 Å². The summed E-state index contributed by atoms with van der Waals surface area (Å²) in [5, 5.41) is 0. The third kappa shape index (κ3) is 58400. The predicted molar refractivity (Wildman–Crippen MR) is 35.3 cm³/mol. The Labute approximate surface area is 46.9 Å². The maximum atomic E-state index is 5.35. The first-order valence-electron chi connectivity index (χ1n) is 2.79. The molecular weight excluding hydrogens is 86.1 g/mol. The van der Waals surface area contributed by atoms with Crippen LogP contribution in [0.4, 0.5) is 0 Å². The Morgan fingerprint density at radius 3 is 1.00 bits per heavy atom. The topological polar surface area (TPSA) is 26.0 Å². The molecule has 46 valence electrons. The summed E-state index contributed by atoms with van der Waals surface area (Å²) in [7, 11) is 0. The summed E-state index contributed by atoms with van der Waals surface area (Å²) in [6.45, 7) is 9.90. The van der Waals surface area contributed by atoms with Crippen molar-refractivity contribution >= 4 is 0 Å². The molecular formula is C6H17N. The lowest BCUT2D eigenvalue weighted by Crippen LogP contribution is -2.26. The zero-order valence-electron chi connectivity index (χ0n) is 6.08. The average molecular weight is 103 g/mol. The van der Waals surface area contributed by atoms with E-state index < -0.39 is 0 Å². The van der Waals surface area contributed by atoms with Gasteiger partial charge in [0.05, 0.1) is 0 Å². The first-order valence-corrected chi connectivity index (χ1v) is 2.79. The second-order valence-corrected chi connectivity index (χ2v) is 2.37. The molecule has 0 aliphatic rings. The molecule has 7 heavy (non-hydrogen) atoms. The first kappa shape index (κ1) is 10.0. The Bertz CT molecular complexity index is 19.7. The van der Waals surface area contributed by atoms with Crippen LogP contribution in [0.25, 0.3) is 0 Å². The number of nitrogens with two attached hydrogens (primary N) is 1. The molecule has 0 aromatic rings. The maximum absolute atomic E-state index is 5.35. The molecule has 0 saturated heterocycles. The lowest BCUT2D eigenvalue weighted by Gasteiger charge is -2.06. The molecule has 1 heteroatoms. The van der Waals surface area contributed by atoms with E-state index in [4.69, 9.17) is 5.73 Å². The number of rotatable bonds is 0. The molecule has 0 unspecified atom stereocenters. The minimum atomic E-state index is 0. The second-order valence-electron chi connectivity index (χ2n) is 2.37. The second kappa shape index (κ2) is 4.13. The normalized spacial score (nSPS) is 9.43. The van der Waals surface area contributed by atoms with E-state index >= 15 is 0 Å². The van der Waals surface area contributed by atoms with Crippen molar-refractivity contribution in [1.82, 2.24) is 0 Å². The van der Waals surface area contributed by atoms with E-state index in [0.29, 0.717) is 0 Å². The Hall–Kier alpha value is -0.0400. The van der Waals surface area contributed by atoms with E-state index in [1.165, 1.54) is 0 Å². The molecule has 0 aliphatic heterocycles. The van der Waals surface area contributed by atoms with Gasteiger partial charge in [-0.25, -0.2) is 0 Å². The van der Waals surface area contributed by atoms with Crippen molar-refractivity contribution < 1.29 is 0 Å². The molecule has 0 radical (unpaired) electrons. The van der Waals surface area contributed by atoms with Crippen molar-refractivity contribution in [2.45, 2.75) is 40.2 Å². The minimum Gasteiger partial charge on any atom is -0.326 e. The van der Waals surface area contributed by atoms with E-state index in [1.807, 2.05) is 34.6 Å². The van der Waals surface area contributed by atoms with E-state index in [1.54, 1.807) is 0 Å². The quantitative estimate of drug-likeness (QED) is 0.497. The van der Waals surface area contributed by atoms with Crippen molar-refractivity contribution in [3.63, 3.8) is 0 Å². The summed E-state index contributed by atoms with van der Waals surface area (Å²) >= 11 is 0. The molecule has 0 spiro atoms. The van der Waals surface area contributed by atoms with Gasteiger partial charge in [0.25, 0.3) is 0 Å². The van der Waals surface area contributed by atoms with Crippen molar-refractivity contribution in [2.75, 3.05) is 0 Å². The largest absolute Gasteiger partial charge is 0.326 e. The molecule has 2 N–H and O–H groups in total. The fourth-order valence-electron chi connectivity index (χ4n) is 0. The van der Waals surface area contributed by atoms with Crippen LogP contribution in [-0.2, 0) is 0 Å². The summed E-state index contributed by atoms with van der Waals surface area (Å²) in [4.78, 5) is 0. The Morgan fingerprint density at radius 2 is 1.00 bits per heavy atom. The predicted octanol–water partition coefficient (Wildman–Crippen LogP) is 1.77. The fraction of sp³-hybridized carbons (Fsp3) is 1.00. The molecule has 0 bridgehead atoms. The van der Waals surface area contributed by atoms with Crippen LogP contribution < -0.4 is 5.73 Å². The Morgan fingerprint density at radius 1 is 1.00 bits per heavy atom. The average Bonchev–Trinajstić information content (AvgIpc) is 1.36. The van der Waals surface area contributed by atoms with E-state index in [-0.39, 0.29) is 5.54 Å². The molecule has 0 amide bonds. The highest BCUT2D eigenvalue weighted by atomic mass is 14.7. The first-order chi connectivity index (χ1) is 3.00. The van der Waals surface area contributed by atoms with Gasteiger partial charge in [-0.1, -0.05) is 13.8 Å². The number of hydrogen-bond acceptors (Lipinski definition) is 1. The SMILES string of the molecule is CC.CC(C)(C)N. The van der Waals surface area contributed by atoms with Gasteiger partial charge in [0, 0.05) is 5.54 Å². The van der Waals surface area contributed by atoms with Crippen LogP contribution in [0.2, 0.25) is 0 Å². The molecule has 0 fully saturated rings. The van der Waals surface area contributed by atoms with Gasteiger partial charge in [0.15, 0.2) is 0 Å². The third-order valence-electron chi connectivity index (χ3n) is 0. The molecule has 0 aromatic carbocycles. The molecule has 1 nitrogen and oxygen atoms in total. The lowest BCUT2D eigenvalue weighted by molar-refractivity contribution is 0.580. The molecule has 0 heterocycles. The molecule has 0 rings (SSSR count). The van der Waals surface area contributed by atoms with E-state index in [2.05, 4.69) is 0 Å². The van der Waals surface area contributed by atoms with Gasteiger partial charge in [-0.3, -0.25) is 0 Å². The standard InChI is InChI=1S/C4H11N.C2H6/c1-4(2,3)5;1-2/h5H2,1-3H3;1-2H3. The molecule has 0 aliphatic carbocycles. The van der Waals surface area contributed by atoms with Gasteiger partial charge in [-0.2, -0.15) is 0 Å². The van der Waals surface area contributed by atoms with E-state index in [9.17, 15) is 0 Å². The fourth-order valence-corrected chi connectivity index (χ4v) is 0. The maximum Gasteiger partial charge on any atom is 0.00686 e. The van der Waals surface area contributed by atoms with Crippen molar-refractivity contribution in [3.05, 3.63) is 0 Å². The monoisotopic (exact) mass is 103 g/mol. The summed E-state index contributed by atoms with van der Waals surface area (Å²) in [5.41, 5.74) is 5.35. The summed E-state index contributed by atoms with van der Waals surface area (Å²) < 4.78 is 0. The lowest BCUT2D eigenvalue weighted by atomic mass is 10.1. The third-order valence-corrected chi connectivity index (χ3v) is 0. The van der Waals surface area contributed by atoms with Crippen LogP contribution in [-0.4, -0.2) is 5.54 Å². The van der Waals surface area contributed by atoms with Crippen LogP contribution in [0.5, 0.6) is 0 Å². The van der Waals surface area contributed by atoms with E-state index in [0.717, 1.165) is 0 Å². The van der Waals surface area contributed by atoms with Crippen molar-refractivity contribution in [3.8, 4) is 0 Å². The highest BCUT2D eigenvalue weighted by Crippen LogP contribution is 1.88. The van der Waals surface area contributed by atoms with Crippen LogP contribution >= 0.6 is 0 Å². The Balaban J connectivity index is 0. The molecule has 0 aromatic heterocycles. The van der Waals surface area contributed by atoms with Crippen LogP contribution in [0.3, 0.4) is 0 Å². The zero-order chi connectivity index (χ0) is 6.50. The van der Waals surface area contributed by atoms with Gasteiger partial charge in [0.2, 0.25) is 0 Å². The van der Waals surface area contributed by atoms with Crippen LogP contribution in [0.1, 0.15) is 34.6 Å². The molecule has 0 atom stereocenters. The smallest absolute Gasteiger partial charge is 0.00686 e. The number of hydrogen-bond donors (Lipinski definition) is 1. The molecule has 0 saturated carbocycles. The zero-order valence-corrected chi connectivity index (χ0v) is 6.08. The van der Waals surface area contributed by atoms with Gasteiger partial charge in [0.1, 0.15) is 0 Å². The van der Waals surface area contributed by atoms with Gasteiger partial charge >= 0.3 is 0 Å². The van der Waals surface area contributed by atoms with Crippen LogP contribution in [0, 0.1) is 0 Å². The Kier molecular flexibility index (Phi) is 5.93. The summed E-state index contributed by atoms with van der Waals surface area (Å²) in [6, 6.07) is 0. The summed E-state index contributed by atoms with van der Waals surface area (Å²) in [6.07, 6.45) is 0. The summed E-state index contributed by atoms with van der Waals surface area (Å²) in [5.74, 6) is 0. The highest BCUT2D eigenvalue weighted by molar-refractivity contribution is 4.60. The minimum absolute atomic E-state index is 0. The van der Waals surface area contributed by atoms with Gasteiger partial charge in [-0.15, -0.1) is 0 Å². The van der Waals surface area contributed by atoms with Gasteiger partial charge < -0.3 is 5.73 Å². The van der Waals surface area contributed by atoms with Crippen molar-refractivity contribution in [2.24, 2.45) is 5.73 Å². The highest BCUT2D eigenvalue weighted by Gasteiger charge is 1.95. The van der Waals surface area contributed by atoms with Gasteiger partial charge in [-0.05, 0) is 20.8 Å².